The quantitative estimate of drug-likeness (QED) is 0.352. The van der Waals surface area contributed by atoms with Crippen molar-refractivity contribution in [3.8, 4) is 0 Å². The van der Waals surface area contributed by atoms with Crippen molar-refractivity contribution in [3.63, 3.8) is 0 Å². The maximum absolute atomic E-state index is 10.5. The molecule has 1 aromatic heterocycles. The molecule has 15 heavy (non-hydrogen) atoms. The summed E-state index contributed by atoms with van der Waals surface area (Å²) in [5, 5.41) is 19.8. The third-order valence-electron chi connectivity index (χ3n) is 1.79. The summed E-state index contributed by atoms with van der Waals surface area (Å²) < 4.78 is 1.33. The number of hydrogen-bond acceptors (Lipinski definition) is 4. The Kier molecular flexibility index (Phi) is 6.70. The fraction of sp³-hybridized carbons (Fsp3) is 0.571. The first-order valence-corrected chi connectivity index (χ1v) is 4.50. The Bertz CT molecular complexity index is 344. The summed E-state index contributed by atoms with van der Waals surface area (Å²) in [4.78, 5) is 13.8. The number of hydrogen-bond donors (Lipinski definition) is 1. The molecule has 1 unspecified atom stereocenters. The topological polar surface area (TPSA) is 81.2 Å². The number of aliphatic hydroxyl groups is 1. The van der Waals surface area contributed by atoms with Crippen molar-refractivity contribution in [2.75, 3.05) is 5.88 Å². The van der Waals surface area contributed by atoms with Crippen LogP contribution in [0.5, 0.6) is 0 Å². The van der Waals surface area contributed by atoms with Crippen molar-refractivity contribution in [3.05, 3.63) is 22.1 Å². The summed E-state index contributed by atoms with van der Waals surface area (Å²) in [5.41, 5.74) is 0. The number of aliphatic hydroxyl groups excluding tert-OH is 1. The number of rotatable bonds is 4. The van der Waals surface area contributed by atoms with E-state index in [2.05, 4.69) is 4.98 Å². The molecule has 0 aliphatic rings. The van der Waals surface area contributed by atoms with Crippen LogP contribution in [-0.4, -0.2) is 69.3 Å². The number of alkyl halides is 1. The molecule has 0 saturated heterocycles. The molecule has 82 valence electrons. The molecular weight excluding hydrogens is 250 g/mol. The molecule has 1 N–H and O–H groups in total. The Morgan fingerprint density at radius 3 is 2.87 bits per heavy atom. The normalized spacial score (nSPS) is 11.9. The fourth-order valence-electron chi connectivity index (χ4n) is 1.09. The van der Waals surface area contributed by atoms with E-state index in [-0.39, 0.29) is 56.0 Å². The number of nitrogens with zero attached hydrogens (tertiary/aromatic N) is 3. The van der Waals surface area contributed by atoms with Gasteiger partial charge in [-0.1, -0.05) is 0 Å². The second kappa shape index (κ2) is 6.65. The summed E-state index contributed by atoms with van der Waals surface area (Å²) in [6.45, 7) is 1.72. The van der Waals surface area contributed by atoms with Gasteiger partial charge in [-0.2, -0.15) is 0 Å². The van der Waals surface area contributed by atoms with Gasteiger partial charge in [0.25, 0.3) is 0 Å². The zero-order valence-electron chi connectivity index (χ0n) is 7.55. The molecule has 0 amide bonds. The SMILES string of the molecule is Cc1ncc([N+](=O)[O-])n1CC(O)CCl.[CaH2]. The van der Waals surface area contributed by atoms with E-state index in [1.807, 2.05) is 0 Å². The zero-order chi connectivity index (χ0) is 10.7. The van der Waals surface area contributed by atoms with Crippen LogP contribution in [0.25, 0.3) is 0 Å². The Balaban J connectivity index is 0.00000196. The van der Waals surface area contributed by atoms with Gasteiger partial charge in [0.2, 0.25) is 0 Å². The Morgan fingerprint density at radius 2 is 2.40 bits per heavy atom. The van der Waals surface area contributed by atoms with Gasteiger partial charge in [-0.3, -0.25) is 0 Å². The van der Waals surface area contributed by atoms with E-state index >= 15 is 0 Å². The van der Waals surface area contributed by atoms with Crippen molar-refractivity contribution < 1.29 is 10.0 Å². The first-order chi connectivity index (χ1) is 6.56. The minimum absolute atomic E-state index is 0. The third-order valence-corrected chi connectivity index (χ3v) is 2.15. The molecule has 0 aromatic carbocycles. The molecular formula is C7H12CaClN3O3. The predicted molar refractivity (Wildman–Crippen MR) is 58.9 cm³/mol. The number of aromatic nitrogens is 2. The first kappa shape index (κ1) is 15.1. The van der Waals surface area contributed by atoms with Gasteiger partial charge in [0.1, 0.15) is 18.8 Å². The van der Waals surface area contributed by atoms with Gasteiger partial charge in [-0.25, -0.2) is 9.55 Å². The molecule has 6 nitrogen and oxygen atoms in total. The standard InChI is InChI=1S/C7H10ClN3O3.Ca.2H/c1-5-9-3-7(11(13)14)10(5)4-6(12)2-8;;;/h3,6,12H,2,4H2,1H3;;;. The number of halogens is 1. The van der Waals surface area contributed by atoms with E-state index in [0.29, 0.717) is 5.82 Å². The van der Waals surface area contributed by atoms with E-state index in [4.69, 9.17) is 11.6 Å². The molecule has 1 aromatic rings. The summed E-state index contributed by atoms with van der Waals surface area (Å²) in [6.07, 6.45) is 0.360. The van der Waals surface area contributed by atoms with Crippen LogP contribution in [0.2, 0.25) is 0 Å². The molecule has 0 saturated carbocycles. The molecule has 0 radical (unpaired) electrons. The van der Waals surface area contributed by atoms with Gasteiger partial charge >= 0.3 is 43.6 Å². The van der Waals surface area contributed by atoms with E-state index in [0.717, 1.165) is 6.20 Å². The van der Waals surface area contributed by atoms with Gasteiger partial charge in [0.05, 0.1) is 5.88 Å². The van der Waals surface area contributed by atoms with Gasteiger partial charge < -0.3 is 15.2 Å². The predicted octanol–water partition coefficient (Wildman–Crippen LogP) is -0.217. The molecule has 1 atom stereocenters. The van der Waals surface area contributed by atoms with Crippen LogP contribution < -0.4 is 0 Å². The fourth-order valence-corrected chi connectivity index (χ4v) is 1.18. The number of nitro groups is 1. The van der Waals surface area contributed by atoms with Crippen molar-refractivity contribution in [1.82, 2.24) is 9.55 Å². The Labute approximate surface area is 121 Å². The first-order valence-electron chi connectivity index (χ1n) is 3.96. The summed E-state index contributed by atoms with van der Waals surface area (Å²) in [7, 11) is 0. The molecule has 1 rings (SSSR count). The van der Waals surface area contributed by atoms with E-state index in [1.54, 1.807) is 6.92 Å². The summed E-state index contributed by atoms with van der Waals surface area (Å²) >= 11 is 5.40. The molecule has 0 aliphatic carbocycles. The van der Waals surface area contributed by atoms with E-state index in [1.165, 1.54) is 4.57 Å². The molecule has 0 fully saturated rings. The second-order valence-electron chi connectivity index (χ2n) is 2.84. The number of aryl methyl sites for hydroxylation is 1. The molecule has 0 bridgehead atoms. The molecule has 1 heterocycles. The molecule has 0 spiro atoms. The van der Waals surface area contributed by atoms with Crippen molar-refractivity contribution >= 4 is 55.2 Å². The minimum atomic E-state index is -0.803. The Hall–Kier alpha value is 0.120. The third kappa shape index (κ3) is 3.88. The van der Waals surface area contributed by atoms with E-state index in [9.17, 15) is 15.2 Å². The zero-order valence-corrected chi connectivity index (χ0v) is 8.31. The maximum atomic E-state index is 10.5. The molecule has 0 aliphatic heterocycles. The summed E-state index contributed by atoms with van der Waals surface area (Å²) in [5.74, 6) is 0.391. The Morgan fingerprint density at radius 1 is 1.80 bits per heavy atom. The van der Waals surface area contributed by atoms with Crippen LogP contribution in [0.3, 0.4) is 0 Å². The van der Waals surface area contributed by atoms with Crippen LogP contribution in [0.1, 0.15) is 5.82 Å². The average Bonchev–Trinajstić information content (AvgIpc) is 2.48. The van der Waals surface area contributed by atoms with Crippen LogP contribution in [0.15, 0.2) is 6.20 Å². The molecule has 8 heteroatoms. The van der Waals surface area contributed by atoms with Gasteiger partial charge in [0, 0.05) is 6.92 Å². The van der Waals surface area contributed by atoms with Crippen molar-refractivity contribution in [2.24, 2.45) is 0 Å². The van der Waals surface area contributed by atoms with Gasteiger partial charge in [-0.05, 0) is 4.92 Å². The second-order valence-corrected chi connectivity index (χ2v) is 3.15. The van der Waals surface area contributed by atoms with Crippen LogP contribution in [-0.2, 0) is 6.54 Å². The summed E-state index contributed by atoms with van der Waals surface area (Å²) in [6, 6.07) is 0. The van der Waals surface area contributed by atoms with Crippen molar-refractivity contribution in [1.29, 1.82) is 0 Å². The van der Waals surface area contributed by atoms with Crippen LogP contribution >= 0.6 is 11.6 Å². The van der Waals surface area contributed by atoms with E-state index < -0.39 is 11.0 Å². The average molecular weight is 262 g/mol. The van der Waals surface area contributed by atoms with Crippen LogP contribution in [0.4, 0.5) is 5.82 Å². The van der Waals surface area contributed by atoms with Gasteiger partial charge in [-0.15, -0.1) is 11.6 Å². The van der Waals surface area contributed by atoms with Crippen LogP contribution in [0, 0.1) is 17.0 Å². The van der Waals surface area contributed by atoms with Gasteiger partial charge in [0.15, 0.2) is 5.82 Å². The number of imidazole rings is 1. The van der Waals surface area contributed by atoms with Crippen molar-refractivity contribution in [2.45, 2.75) is 19.6 Å². The monoisotopic (exact) mass is 261 g/mol.